The van der Waals surface area contributed by atoms with E-state index in [4.69, 9.17) is 4.74 Å². The lowest BCUT2D eigenvalue weighted by molar-refractivity contribution is -0.384. The number of nitro groups is 1. The van der Waals surface area contributed by atoms with E-state index in [1.807, 2.05) is 0 Å². The molecule has 0 unspecified atom stereocenters. The highest BCUT2D eigenvalue weighted by Crippen LogP contribution is 2.50. The third kappa shape index (κ3) is 2.84. The molecule has 1 aliphatic carbocycles. The van der Waals surface area contributed by atoms with Crippen molar-refractivity contribution < 1.29 is 19.2 Å². The molecule has 0 amide bonds. The fourth-order valence-corrected chi connectivity index (χ4v) is 2.09. The van der Waals surface area contributed by atoms with Crippen LogP contribution in [-0.2, 0) is 9.53 Å². The zero-order valence-electron chi connectivity index (χ0n) is 11.1. The standard InChI is InChI=1S/C14H15NO5/c1-2-20-13(17)14(6-7-14)9-12(16)10-4-3-5-11(8-10)15(18)19/h3-5,8H,2,6-7,9H2,1H3. The van der Waals surface area contributed by atoms with Crippen LogP contribution < -0.4 is 0 Å². The molecular formula is C14H15NO5. The van der Waals surface area contributed by atoms with Gasteiger partial charge in [-0.2, -0.15) is 0 Å². The van der Waals surface area contributed by atoms with Crippen molar-refractivity contribution >= 4 is 17.4 Å². The van der Waals surface area contributed by atoms with E-state index in [1.165, 1.54) is 24.3 Å². The average Bonchev–Trinajstić information content (AvgIpc) is 3.20. The summed E-state index contributed by atoms with van der Waals surface area (Å²) >= 11 is 0. The molecule has 0 N–H and O–H groups in total. The van der Waals surface area contributed by atoms with Crippen molar-refractivity contribution in [1.29, 1.82) is 0 Å². The summed E-state index contributed by atoms with van der Waals surface area (Å²) in [5.74, 6) is -0.613. The summed E-state index contributed by atoms with van der Waals surface area (Å²) in [4.78, 5) is 34.1. The minimum atomic E-state index is -0.711. The number of ketones is 1. The highest BCUT2D eigenvalue weighted by Gasteiger charge is 2.52. The number of hydrogen-bond acceptors (Lipinski definition) is 5. The van der Waals surface area contributed by atoms with Crippen LogP contribution in [0.15, 0.2) is 24.3 Å². The van der Waals surface area contributed by atoms with Crippen molar-refractivity contribution in [2.45, 2.75) is 26.2 Å². The van der Waals surface area contributed by atoms with Crippen LogP contribution in [0.3, 0.4) is 0 Å². The lowest BCUT2D eigenvalue weighted by atomic mass is 9.95. The number of nitrogens with zero attached hydrogens (tertiary/aromatic N) is 1. The number of carbonyl (C=O) groups excluding carboxylic acids is 2. The summed E-state index contributed by atoms with van der Waals surface area (Å²) in [6, 6.07) is 5.56. The molecule has 1 fully saturated rings. The highest BCUT2D eigenvalue weighted by atomic mass is 16.6. The number of esters is 1. The number of ether oxygens (including phenoxy) is 1. The summed E-state index contributed by atoms with van der Waals surface area (Å²) in [6.07, 6.45) is 1.31. The lowest BCUT2D eigenvalue weighted by Gasteiger charge is -2.12. The van der Waals surface area contributed by atoms with E-state index in [0.717, 1.165) is 0 Å². The summed E-state index contributed by atoms with van der Waals surface area (Å²) in [7, 11) is 0. The van der Waals surface area contributed by atoms with Gasteiger partial charge in [-0.3, -0.25) is 19.7 Å². The number of non-ortho nitro benzene ring substituents is 1. The van der Waals surface area contributed by atoms with Crippen molar-refractivity contribution in [3.8, 4) is 0 Å². The predicted octanol–water partition coefficient (Wildman–Crippen LogP) is 2.51. The van der Waals surface area contributed by atoms with E-state index in [2.05, 4.69) is 0 Å². The Morgan fingerprint density at radius 2 is 2.10 bits per heavy atom. The predicted molar refractivity (Wildman–Crippen MR) is 70.3 cm³/mol. The average molecular weight is 277 g/mol. The molecule has 106 valence electrons. The molecule has 6 heteroatoms. The largest absolute Gasteiger partial charge is 0.466 e. The number of carbonyl (C=O) groups is 2. The Balaban J connectivity index is 2.11. The molecule has 1 saturated carbocycles. The van der Waals surface area contributed by atoms with E-state index >= 15 is 0 Å². The first-order valence-corrected chi connectivity index (χ1v) is 6.43. The van der Waals surface area contributed by atoms with E-state index < -0.39 is 10.3 Å². The van der Waals surface area contributed by atoms with Crippen LogP contribution in [0.2, 0.25) is 0 Å². The molecular weight excluding hydrogens is 262 g/mol. The second-order valence-electron chi connectivity index (χ2n) is 4.91. The van der Waals surface area contributed by atoms with Crippen molar-refractivity contribution in [3.05, 3.63) is 39.9 Å². The number of Topliss-reactive ketones (excluding diaryl/α,β-unsaturated/α-hetero) is 1. The van der Waals surface area contributed by atoms with Gasteiger partial charge in [-0.05, 0) is 19.8 Å². The van der Waals surface area contributed by atoms with Gasteiger partial charge in [0.05, 0.1) is 16.9 Å². The monoisotopic (exact) mass is 277 g/mol. The summed E-state index contributed by atoms with van der Waals surface area (Å²) in [6.45, 7) is 2.00. The first kappa shape index (κ1) is 14.2. The molecule has 0 aliphatic heterocycles. The summed E-state index contributed by atoms with van der Waals surface area (Å²) in [5, 5.41) is 10.7. The Morgan fingerprint density at radius 3 is 2.65 bits per heavy atom. The van der Waals surface area contributed by atoms with Crippen LogP contribution >= 0.6 is 0 Å². The highest BCUT2D eigenvalue weighted by molar-refractivity contribution is 6.00. The van der Waals surface area contributed by atoms with Gasteiger partial charge in [0.25, 0.3) is 5.69 Å². The fourth-order valence-electron chi connectivity index (χ4n) is 2.09. The van der Waals surface area contributed by atoms with Crippen LogP contribution in [0.5, 0.6) is 0 Å². The van der Waals surface area contributed by atoms with E-state index in [0.29, 0.717) is 12.8 Å². The first-order valence-electron chi connectivity index (χ1n) is 6.43. The molecule has 0 bridgehead atoms. The Morgan fingerprint density at radius 1 is 1.40 bits per heavy atom. The van der Waals surface area contributed by atoms with E-state index in [1.54, 1.807) is 6.92 Å². The van der Waals surface area contributed by atoms with Crippen molar-refractivity contribution in [1.82, 2.24) is 0 Å². The van der Waals surface area contributed by atoms with Crippen molar-refractivity contribution in [2.75, 3.05) is 6.61 Å². The zero-order valence-corrected chi connectivity index (χ0v) is 11.1. The van der Waals surface area contributed by atoms with Crippen LogP contribution in [0.25, 0.3) is 0 Å². The molecule has 6 nitrogen and oxygen atoms in total. The maximum atomic E-state index is 12.2. The van der Waals surface area contributed by atoms with E-state index in [-0.39, 0.29) is 36.0 Å². The molecule has 0 spiro atoms. The van der Waals surface area contributed by atoms with Gasteiger partial charge in [-0.15, -0.1) is 0 Å². The molecule has 0 saturated heterocycles. The lowest BCUT2D eigenvalue weighted by Crippen LogP contribution is -2.22. The number of nitro benzene ring substituents is 1. The summed E-state index contributed by atoms with van der Waals surface area (Å²) < 4.78 is 4.97. The van der Waals surface area contributed by atoms with Gasteiger partial charge in [0.2, 0.25) is 0 Å². The van der Waals surface area contributed by atoms with Gasteiger partial charge < -0.3 is 4.74 Å². The zero-order chi connectivity index (χ0) is 14.8. The quantitative estimate of drug-likeness (QED) is 0.345. The Labute approximate surface area is 115 Å². The molecule has 20 heavy (non-hydrogen) atoms. The molecule has 0 aromatic heterocycles. The normalized spacial score (nSPS) is 15.4. The Hall–Kier alpha value is -2.24. The van der Waals surface area contributed by atoms with Gasteiger partial charge in [0, 0.05) is 24.1 Å². The van der Waals surface area contributed by atoms with Gasteiger partial charge in [0.1, 0.15) is 0 Å². The topological polar surface area (TPSA) is 86.5 Å². The maximum absolute atomic E-state index is 12.2. The smallest absolute Gasteiger partial charge is 0.312 e. The molecule has 0 heterocycles. The van der Waals surface area contributed by atoms with Crippen LogP contribution in [0, 0.1) is 15.5 Å². The summed E-state index contributed by atoms with van der Waals surface area (Å²) in [5.41, 5.74) is -0.579. The fraction of sp³-hybridized carbons (Fsp3) is 0.429. The third-order valence-electron chi connectivity index (χ3n) is 3.44. The SMILES string of the molecule is CCOC(=O)C1(CC(=O)c2cccc([N+](=O)[O-])c2)CC1. The van der Waals surface area contributed by atoms with Crippen LogP contribution in [0.4, 0.5) is 5.69 Å². The molecule has 0 atom stereocenters. The minimum absolute atomic E-state index is 0.0486. The third-order valence-corrected chi connectivity index (χ3v) is 3.44. The van der Waals surface area contributed by atoms with Crippen LogP contribution in [-0.4, -0.2) is 23.3 Å². The Bertz CT molecular complexity index is 562. The molecule has 0 radical (unpaired) electrons. The van der Waals surface area contributed by atoms with Gasteiger partial charge in [-0.1, -0.05) is 12.1 Å². The molecule has 1 aliphatic rings. The molecule has 1 aromatic rings. The number of rotatable bonds is 6. The maximum Gasteiger partial charge on any atom is 0.312 e. The second-order valence-corrected chi connectivity index (χ2v) is 4.91. The second kappa shape index (κ2) is 5.40. The van der Waals surface area contributed by atoms with Gasteiger partial charge >= 0.3 is 5.97 Å². The van der Waals surface area contributed by atoms with Crippen molar-refractivity contribution in [2.24, 2.45) is 5.41 Å². The first-order chi connectivity index (χ1) is 9.48. The van der Waals surface area contributed by atoms with Gasteiger partial charge in [-0.25, -0.2) is 0 Å². The van der Waals surface area contributed by atoms with Gasteiger partial charge in [0.15, 0.2) is 5.78 Å². The number of hydrogen-bond donors (Lipinski definition) is 0. The minimum Gasteiger partial charge on any atom is -0.466 e. The molecule has 1 aromatic carbocycles. The van der Waals surface area contributed by atoms with Crippen molar-refractivity contribution in [3.63, 3.8) is 0 Å². The van der Waals surface area contributed by atoms with E-state index in [9.17, 15) is 19.7 Å². The Kier molecular flexibility index (Phi) is 3.83. The van der Waals surface area contributed by atoms with Crippen LogP contribution in [0.1, 0.15) is 36.5 Å². The molecule has 2 rings (SSSR count). The number of benzene rings is 1.